The lowest BCUT2D eigenvalue weighted by Crippen LogP contribution is -2.51. The number of carbonyl (C=O) groups is 4. The molecule has 1 heterocycles. The first-order chi connectivity index (χ1) is 19.1. The van der Waals surface area contributed by atoms with Gasteiger partial charge >= 0.3 is 18.3 Å². The van der Waals surface area contributed by atoms with E-state index in [0.29, 0.717) is 13.1 Å². The van der Waals surface area contributed by atoms with Gasteiger partial charge in [0, 0.05) is 32.0 Å². The number of alkyl halides is 6. The van der Waals surface area contributed by atoms with Crippen LogP contribution in [0.25, 0.3) is 0 Å². The van der Waals surface area contributed by atoms with Crippen molar-refractivity contribution in [3.8, 4) is 5.75 Å². The Hall–Kier alpha value is -3.94. The minimum absolute atomic E-state index is 0.0460. The molecule has 0 saturated carbocycles. The monoisotopic (exact) mass is 588 g/mol. The number of carboxylic acids is 1. The number of halogens is 6. The number of ether oxygens (including phenoxy) is 1. The third-order valence-electron chi connectivity index (χ3n) is 6.31. The number of carbonyl (C=O) groups excluding carboxylic acids is 3. The van der Waals surface area contributed by atoms with Crippen LogP contribution in [0.4, 0.5) is 26.3 Å². The minimum atomic E-state index is -5.13. The second kappa shape index (κ2) is 13.1. The first-order valence-electron chi connectivity index (χ1n) is 12.3. The molecule has 0 bridgehead atoms. The van der Waals surface area contributed by atoms with Gasteiger partial charge in [-0.15, -0.1) is 0 Å². The summed E-state index contributed by atoms with van der Waals surface area (Å²) in [6.45, 7) is -0.193. The first kappa shape index (κ1) is 31.6. The quantitative estimate of drug-likeness (QED) is 0.373. The Kier molecular flexibility index (Phi) is 10.1. The Labute approximate surface area is 230 Å². The summed E-state index contributed by atoms with van der Waals surface area (Å²) < 4.78 is 83.3. The van der Waals surface area contributed by atoms with Crippen molar-refractivity contribution in [2.45, 2.75) is 31.7 Å². The number of hydrogen-bond acceptors (Lipinski definition) is 6. The highest BCUT2D eigenvalue weighted by Crippen LogP contribution is 2.38. The molecule has 1 N–H and O–H groups in total. The van der Waals surface area contributed by atoms with Crippen molar-refractivity contribution < 1.29 is 55.4 Å². The predicted octanol–water partition coefficient (Wildman–Crippen LogP) is 4.07. The van der Waals surface area contributed by atoms with Gasteiger partial charge in [-0.3, -0.25) is 24.1 Å². The Bertz CT molecular complexity index is 1230. The van der Waals surface area contributed by atoms with Gasteiger partial charge in [0.15, 0.2) is 11.6 Å². The molecule has 0 unspecified atom stereocenters. The average Bonchev–Trinajstić information content (AvgIpc) is 2.87. The van der Waals surface area contributed by atoms with Crippen molar-refractivity contribution in [2.24, 2.45) is 5.92 Å². The second-order valence-electron chi connectivity index (χ2n) is 9.55. The molecule has 0 radical (unpaired) electrons. The van der Waals surface area contributed by atoms with E-state index in [2.05, 4.69) is 0 Å². The van der Waals surface area contributed by atoms with E-state index >= 15 is 0 Å². The SMILES string of the molecule is O=C(O)C[C@H](CC(=O)CN1CCN(Cc2ccccc2)CC1=O)C(=O)COc1cc(C(F)(F)F)cc(C(F)(F)F)c1. The van der Waals surface area contributed by atoms with Crippen molar-refractivity contribution in [1.82, 2.24) is 9.80 Å². The van der Waals surface area contributed by atoms with Crippen LogP contribution in [-0.4, -0.2) is 71.1 Å². The molecule has 0 spiro atoms. The van der Waals surface area contributed by atoms with Crippen LogP contribution in [0.5, 0.6) is 5.75 Å². The fraction of sp³-hybridized carbons (Fsp3) is 0.407. The highest BCUT2D eigenvalue weighted by molar-refractivity contribution is 5.93. The van der Waals surface area contributed by atoms with Gasteiger partial charge in [-0.25, -0.2) is 0 Å². The molecule has 2 aromatic rings. The lowest BCUT2D eigenvalue weighted by Gasteiger charge is -2.34. The number of amides is 1. The predicted molar refractivity (Wildman–Crippen MR) is 131 cm³/mol. The molecule has 41 heavy (non-hydrogen) atoms. The number of piperazine rings is 1. The molecule has 2 aromatic carbocycles. The summed E-state index contributed by atoms with van der Waals surface area (Å²) in [5.41, 5.74) is -2.30. The molecule has 222 valence electrons. The lowest BCUT2D eigenvalue weighted by atomic mass is 9.94. The third-order valence-corrected chi connectivity index (χ3v) is 6.31. The van der Waals surface area contributed by atoms with Crippen molar-refractivity contribution in [1.29, 1.82) is 0 Å². The van der Waals surface area contributed by atoms with E-state index < -0.39 is 72.1 Å². The number of carboxylic acid groups (broad SMARTS) is 1. The number of Topliss-reactive ketones (excluding diaryl/α,β-unsaturated/α-hetero) is 2. The van der Waals surface area contributed by atoms with Crippen molar-refractivity contribution in [3.63, 3.8) is 0 Å². The van der Waals surface area contributed by atoms with Gasteiger partial charge in [0.2, 0.25) is 5.91 Å². The second-order valence-corrected chi connectivity index (χ2v) is 9.55. The van der Waals surface area contributed by atoms with E-state index in [0.717, 1.165) is 5.56 Å². The molecule has 1 amide bonds. The topological polar surface area (TPSA) is 104 Å². The fourth-order valence-corrected chi connectivity index (χ4v) is 4.25. The lowest BCUT2D eigenvalue weighted by molar-refractivity contribution is -0.144. The van der Waals surface area contributed by atoms with E-state index in [-0.39, 0.29) is 43.7 Å². The summed E-state index contributed by atoms with van der Waals surface area (Å²) in [7, 11) is 0. The van der Waals surface area contributed by atoms with Gasteiger partial charge < -0.3 is 14.7 Å². The van der Waals surface area contributed by atoms with Crippen molar-refractivity contribution in [3.05, 3.63) is 65.2 Å². The largest absolute Gasteiger partial charge is 0.486 e. The maximum absolute atomic E-state index is 13.1. The van der Waals surface area contributed by atoms with E-state index in [1.54, 1.807) is 0 Å². The molecule has 0 aromatic heterocycles. The van der Waals surface area contributed by atoms with Crippen LogP contribution < -0.4 is 4.74 Å². The number of hydrogen-bond donors (Lipinski definition) is 1. The smallest absolute Gasteiger partial charge is 0.416 e. The Morgan fingerprint density at radius 3 is 2.05 bits per heavy atom. The number of ketones is 2. The zero-order valence-electron chi connectivity index (χ0n) is 21.5. The van der Waals surface area contributed by atoms with Crippen LogP contribution in [0.3, 0.4) is 0 Å². The molecule has 1 fully saturated rings. The van der Waals surface area contributed by atoms with Crippen LogP contribution in [0.1, 0.15) is 29.5 Å². The van der Waals surface area contributed by atoms with Crippen LogP contribution in [0, 0.1) is 5.92 Å². The maximum Gasteiger partial charge on any atom is 0.416 e. The van der Waals surface area contributed by atoms with Crippen LogP contribution >= 0.6 is 0 Å². The van der Waals surface area contributed by atoms with Gasteiger partial charge in [-0.05, 0) is 23.8 Å². The number of benzene rings is 2. The Balaban J connectivity index is 1.60. The molecule has 3 rings (SSSR count). The summed E-state index contributed by atoms with van der Waals surface area (Å²) in [6, 6.07) is 9.87. The van der Waals surface area contributed by atoms with Crippen LogP contribution in [-0.2, 0) is 38.1 Å². The molecule has 14 heteroatoms. The Morgan fingerprint density at radius 1 is 0.902 bits per heavy atom. The maximum atomic E-state index is 13.1. The zero-order chi connectivity index (χ0) is 30.4. The summed E-state index contributed by atoms with van der Waals surface area (Å²) in [5.74, 6) is -5.81. The average molecular weight is 589 g/mol. The molecule has 0 aliphatic carbocycles. The highest BCUT2D eigenvalue weighted by Gasteiger charge is 2.37. The van der Waals surface area contributed by atoms with Gasteiger partial charge in [0.1, 0.15) is 12.4 Å². The standard InChI is InChI=1S/C27H26F6N2O6/c28-26(29,30)19-10-20(27(31,32)33)12-22(11-19)41-16-23(37)18(9-25(39)40)8-21(36)14-35-7-6-34(15-24(35)38)13-17-4-2-1-3-5-17/h1-5,10-12,18H,6-9,13-16H2,(H,39,40)/t18-/m0/s1. The van der Waals surface area contributed by atoms with E-state index in [1.807, 2.05) is 35.2 Å². The minimum Gasteiger partial charge on any atom is -0.486 e. The third kappa shape index (κ3) is 9.59. The van der Waals surface area contributed by atoms with Crippen LogP contribution in [0.15, 0.2) is 48.5 Å². The molecule has 8 nitrogen and oxygen atoms in total. The van der Waals surface area contributed by atoms with Crippen molar-refractivity contribution in [2.75, 3.05) is 32.8 Å². The van der Waals surface area contributed by atoms with Gasteiger partial charge in [-0.1, -0.05) is 30.3 Å². The number of rotatable bonds is 12. The molecule has 1 aliphatic heterocycles. The number of nitrogens with zero attached hydrogens (tertiary/aromatic N) is 2. The zero-order valence-corrected chi connectivity index (χ0v) is 21.5. The molecular weight excluding hydrogens is 562 g/mol. The van der Waals surface area contributed by atoms with E-state index in [1.165, 1.54) is 4.90 Å². The van der Waals surface area contributed by atoms with Gasteiger partial charge in [0.25, 0.3) is 0 Å². The Morgan fingerprint density at radius 2 is 1.51 bits per heavy atom. The molecule has 1 atom stereocenters. The molecule has 1 saturated heterocycles. The highest BCUT2D eigenvalue weighted by atomic mass is 19.4. The van der Waals surface area contributed by atoms with Crippen molar-refractivity contribution >= 4 is 23.4 Å². The van der Waals surface area contributed by atoms with Gasteiger partial charge in [-0.2, -0.15) is 26.3 Å². The number of aliphatic carboxylic acids is 1. The summed E-state index contributed by atoms with van der Waals surface area (Å²) in [6.07, 6.45) is -11.7. The summed E-state index contributed by atoms with van der Waals surface area (Å²) in [4.78, 5) is 52.4. The summed E-state index contributed by atoms with van der Waals surface area (Å²) in [5, 5.41) is 9.17. The molecule has 1 aliphatic rings. The van der Waals surface area contributed by atoms with E-state index in [4.69, 9.17) is 4.74 Å². The normalized spacial score (nSPS) is 15.5. The van der Waals surface area contributed by atoms with Crippen LogP contribution in [0.2, 0.25) is 0 Å². The van der Waals surface area contributed by atoms with Gasteiger partial charge in [0.05, 0.1) is 30.6 Å². The van der Waals surface area contributed by atoms with E-state index in [9.17, 15) is 50.6 Å². The molecular formula is C27H26F6N2O6. The fourth-order valence-electron chi connectivity index (χ4n) is 4.25. The summed E-state index contributed by atoms with van der Waals surface area (Å²) >= 11 is 0. The first-order valence-corrected chi connectivity index (χ1v) is 12.3.